The molecule has 9 nitrogen and oxygen atoms in total. The fraction of sp³-hybridized carbons (Fsp3) is 0.250. The van der Waals surface area contributed by atoms with Crippen molar-refractivity contribution in [2.45, 2.75) is 38.6 Å². The second kappa shape index (κ2) is 12.7. The molecule has 3 heterocycles. The van der Waals surface area contributed by atoms with Gasteiger partial charge in [-0.25, -0.2) is 9.48 Å². The van der Waals surface area contributed by atoms with E-state index < -0.39 is 11.5 Å². The quantitative estimate of drug-likeness (QED) is 0.225. The molecule has 0 saturated carbocycles. The van der Waals surface area contributed by atoms with Crippen LogP contribution in [0.15, 0.2) is 98.7 Å². The number of benzene rings is 3. The number of carbonyl (C=O) groups is 1. The van der Waals surface area contributed by atoms with Gasteiger partial charge in [0, 0.05) is 41.6 Å². The SMILES string of the molecule is O=C(NC1CCN(Cc2ccccc2)CC1)c1cc2ccc(OCc3cn(Cc4ccccc4Br)nn3)cc2oc1=O. The first-order chi connectivity index (χ1) is 20.5. The molecule has 0 aliphatic carbocycles. The Morgan fingerprint density at radius 2 is 1.79 bits per heavy atom. The van der Waals surface area contributed by atoms with Gasteiger partial charge in [0.05, 0.1) is 12.7 Å². The minimum Gasteiger partial charge on any atom is -0.487 e. The molecule has 42 heavy (non-hydrogen) atoms. The van der Waals surface area contributed by atoms with E-state index in [1.54, 1.807) is 28.9 Å². The highest BCUT2D eigenvalue weighted by molar-refractivity contribution is 9.10. The highest BCUT2D eigenvalue weighted by Crippen LogP contribution is 2.22. The summed E-state index contributed by atoms with van der Waals surface area (Å²) in [6.07, 6.45) is 3.49. The van der Waals surface area contributed by atoms with Gasteiger partial charge in [0.1, 0.15) is 29.2 Å². The van der Waals surface area contributed by atoms with Crippen molar-refractivity contribution >= 4 is 32.8 Å². The minimum atomic E-state index is -0.673. The molecule has 6 rings (SSSR count). The summed E-state index contributed by atoms with van der Waals surface area (Å²) in [6, 6.07) is 25.1. The second-order valence-corrected chi connectivity index (χ2v) is 11.3. The molecule has 3 aromatic carbocycles. The molecule has 0 radical (unpaired) electrons. The Labute approximate surface area is 251 Å². The zero-order valence-corrected chi connectivity index (χ0v) is 24.5. The van der Waals surface area contributed by atoms with Crippen LogP contribution in [0.25, 0.3) is 11.0 Å². The number of aromatic nitrogens is 3. The Kier molecular flexibility index (Phi) is 8.43. The topological polar surface area (TPSA) is 102 Å². The Bertz CT molecular complexity index is 1750. The lowest BCUT2D eigenvalue weighted by molar-refractivity contribution is 0.0905. The van der Waals surface area contributed by atoms with Crippen LogP contribution in [-0.2, 0) is 19.7 Å². The summed E-state index contributed by atoms with van der Waals surface area (Å²) in [7, 11) is 0. The average molecular weight is 629 g/mol. The number of halogens is 1. The Balaban J connectivity index is 1.04. The number of fused-ring (bicyclic) bond motifs is 1. The molecule has 10 heteroatoms. The van der Waals surface area contributed by atoms with Gasteiger partial charge in [-0.15, -0.1) is 5.10 Å². The largest absolute Gasteiger partial charge is 0.487 e. The van der Waals surface area contributed by atoms with Crippen molar-refractivity contribution in [1.82, 2.24) is 25.2 Å². The summed E-state index contributed by atoms with van der Waals surface area (Å²) in [5.74, 6) is 0.114. The second-order valence-electron chi connectivity index (χ2n) is 10.4. The van der Waals surface area contributed by atoms with Gasteiger partial charge in [-0.2, -0.15) is 0 Å². The molecule has 1 amide bonds. The van der Waals surface area contributed by atoms with E-state index in [1.165, 1.54) is 5.56 Å². The maximum absolute atomic E-state index is 13.0. The number of hydrogen-bond acceptors (Lipinski definition) is 7. The third-order valence-corrected chi connectivity index (χ3v) is 8.16. The van der Waals surface area contributed by atoms with Crippen molar-refractivity contribution in [2.24, 2.45) is 0 Å². The summed E-state index contributed by atoms with van der Waals surface area (Å²) >= 11 is 3.55. The molecule has 1 fully saturated rings. The van der Waals surface area contributed by atoms with E-state index >= 15 is 0 Å². The smallest absolute Gasteiger partial charge is 0.349 e. The fourth-order valence-corrected chi connectivity index (χ4v) is 5.53. The van der Waals surface area contributed by atoms with Gasteiger partial charge in [-0.3, -0.25) is 9.69 Å². The maximum Gasteiger partial charge on any atom is 0.349 e. The van der Waals surface area contributed by atoms with Crippen LogP contribution in [0.2, 0.25) is 0 Å². The van der Waals surface area contributed by atoms with Crippen molar-refractivity contribution < 1.29 is 13.9 Å². The summed E-state index contributed by atoms with van der Waals surface area (Å²) < 4.78 is 14.2. The van der Waals surface area contributed by atoms with Crippen LogP contribution in [0.4, 0.5) is 0 Å². The molecule has 0 unspecified atom stereocenters. The van der Waals surface area contributed by atoms with E-state index in [0.29, 0.717) is 29.0 Å². The molecule has 1 saturated heterocycles. The first kappa shape index (κ1) is 27.9. The number of hydrogen-bond donors (Lipinski definition) is 1. The summed E-state index contributed by atoms with van der Waals surface area (Å²) in [4.78, 5) is 28.1. The van der Waals surface area contributed by atoms with Gasteiger partial charge in [0.15, 0.2) is 0 Å². The number of rotatable bonds is 9. The van der Waals surface area contributed by atoms with E-state index in [4.69, 9.17) is 9.15 Å². The van der Waals surface area contributed by atoms with Gasteiger partial charge in [-0.05, 0) is 48.2 Å². The van der Waals surface area contributed by atoms with Crippen molar-refractivity contribution in [3.05, 3.63) is 122 Å². The fourth-order valence-electron chi connectivity index (χ4n) is 5.12. The predicted octanol–water partition coefficient (Wildman–Crippen LogP) is 5.17. The van der Waals surface area contributed by atoms with Gasteiger partial charge in [0.2, 0.25) is 0 Å². The predicted molar refractivity (Wildman–Crippen MR) is 162 cm³/mol. The number of nitrogens with zero attached hydrogens (tertiary/aromatic N) is 4. The van der Waals surface area contributed by atoms with Crippen LogP contribution in [0.3, 0.4) is 0 Å². The maximum atomic E-state index is 13.0. The molecule has 5 aromatic rings. The Morgan fingerprint density at radius 1 is 1.00 bits per heavy atom. The van der Waals surface area contributed by atoms with E-state index in [1.807, 2.05) is 48.7 Å². The average Bonchev–Trinajstić information content (AvgIpc) is 3.45. The lowest BCUT2D eigenvalue weighted by Crippen LogP contribution is -2.45. The van der Waals surface area contributed by atoms with E-state index in [9.17, 15) is 9.59 Å². The summed E-state index contributed by atoms with van der Waals surface area (Å²) in [6.45, 7) is 3.45. The van der Waals surface area contributed by atoms with Gasteiger partial charge >= 0.3 is 5.63 Å². The third kappa shape index (κ3) is 6.78. The first-order valence-electron chi connectivity index (χ1n) is 13.9. The molecular weight excluding hydrogens is 598 g/mol. The van der Waals surface area contributed by atoms with Crippen molar-refractivity contribution in [3.8, 4) is 5.75 Å². The van der Waals surface area contributed by atoms with Crippen molar-refractivity contribution in [2.75, 3.05) is 13.1 Å². The number of nitrogens with one attached hydrogen (secondary N) is 1. The van der Waals surface area contributed by atoms with E-state index in [-0.39, 0.29) is 18.2 Å². The normalized spacial score (nSPS) is 14.2. The van der Waals surface area contributed by atoms with Gasteiger partial charge < -0.3 is 14.5 Å². The molecule has 1 N–H and O–H groups in total. The monoisotopic (exact) mass is 627 g/mol. The van der Waals surface area contributed by atoms with Gasteiger partial charge in [-0.1, -0.05) is 69.7 Å². The molecular formula is C32H30BrN5O4. The highest BCUT2D eigenvalue weighted by Gasteiger charge is 2.23. The van der Waals surface area contributed by atoms with Crippen molar-refractivity contribution in [1.29, 1.82) is 0 Å². The number of ether oxygens (including phenoxy) is 1. The highest BCUT2D eigenvalue weighted by atomic mass is 79.9. The zero-order valence-electron chi connectivity index (χ0n) is 22.9. The molecule has 1 aliphatic rings. The van der Waals surface area contributed by atoms with E-state index in [0.717, 1.165) is 42.5 Å². The lowest BCUT2D eigenvalue weighted by atomic mass is 10.0. The molecule has 214 valence electrons. The van der Waals surface area contributed by atoms with Crippen molar-refractivity contribution in [3.63, 3.8) is 0 Å². The Morgan fingerprint density at radius 3 is 2.60 bits per heavy atom. The minimum absolute atomic E-state index is 0.00421. The molecule has 0 bridgehead atoms. The molecule has 1 aliphatic heterocycles. The Hall–Kier alpha value is -4.28. The van der Waals surface area contributed by atoms with Crippen LogP contribution < -0.4 is 15.7 Å². The standard InChI is InChI=1S/C32H30BrN5O4/c33-29-9-5-4-8-24(29)19-38-20-26(35-36-38)21-41-27-11-10-23-16-28(32(40)42-30(23)17-27)31(39)34-25-12-14-37(15-13-25)18-22-6-2-1-3-7-22/h1-11,16-17,20,25H,12-15,18-19,21H2,(H,34,39). The van der Waals surface area contributed by atoms with Gasteiger partial charge in [0.25, 0.3) is 5.91 Å². The van der Waals surface area contributed by atoms with E-state index in [2.05, 4.69) is 48.6 Å². The van der Waals surface area contributed by atoms with Crippen LogP contribution in [0.5, 0.6) is 5.75 Å². The number of likely N-dealkylation sites (tertiary alicyclic amines) is 1. The lowest BCUT2D eigenvalue weighted by Gasteiger charge is -2.32. The molecule has 0 atom stereocenters. The van der Waals surface area contributed by atoms with Crippen LogP contribution in [-0.4, -0.2) is 44.9 Å². The van der Waals surface area contributed by atoms with Crippen LogP contribution in [0, 0.1) is 0 Å². The zero-order chi connectivity index (χ0) is 28.9. The summed E-state index contributed by atoms with van der Waals surface area (Å²) in [5.41, 5.74) is 2.72. The number of carbonyl (C=O) groups excluding carboxylic acids is 1. The molecule has 2 aromatic heterocycles. The van der Waals surface area contributed by atoms with Crippen LogP contribution >= 0.6 is 15.9 Å². The van der Waals surface area contributed by atoms with Crippen LogP contribution in [0.1, 0.15) is 40.0 Å². The third-order valence-electron chi connectivity index (χ3n) is 7.39. The summed E-state index contributed by atoms with van der Waals surface area (Å²) in [5, 5.41) is 12.0. The number of piperidine rings is 1. The number of amides is 1. The first-order valence-corrected chi connectivity index (χ1v) is 14.7. The molecule has 0 spiro atoms.